The third kappa shape index (κ3) is 8.51. The summed E-state index contributed by atoms with van der Waals surface area (Å²) in [4.78, 5) is 11.4. The van der Waals surface area contributed by atoms with Gasteiger partial charge in [-0.2, -0.15) is 0 Å². The van der Waals surface area contributed by atoms with Gasteiger partial charge in [-0.15, -0.1) is 0 Å². The van der Waals surface area contributed by atoms with E-state index < -0.39 is 0 Å². The average Bonchev–Trinajstić information content (AvgIpc) is 2.28. The Balaban J connectivity index is 3.38. The molecule has 0 saturated heterocycles. The Morgan fingerprint density at radius 2 is 1.69 bits per heavy atom. The van der Waals surface area contributed by atoms with Crippen molar-refractivity contribution in [3.8, 4) is 0 Å². The number of allylic oxidation sites excluding steroid dienone is 1. The summed E-state index contributed by atoms with van der Waals surface area (Å²) < 4.78 is 5.16. The average molecular weight is 226 g/mol. The molecular formula is C14H26O2. The fourth-order valence-electron chi connectivity index (χ4n) is 1.55. The van der Waals surface area contributed by atoms with Crippen LogP contribution < -0.4 is 0 Å². The monoisotopic (exact) mass is 226 g/mol. The van der Waals surface area contributed by atoms with E-state index in [0.29, 0.717) is 6.61 Å². The zero-order valence-electron chi connectivity index (χ0n) is 11.1. The minimum absolute atomic E-state index is 0.157. The maximum Gasteiger partial charge on any atom is 0.333 e. The first-order chi connectivity index (χ1) is 7.72. The summed E-state index contributed by atoms with van der Waals surface area (Å²) in [6.45, 7) is 6.61. The predicted molar refractivity (Wildman–Crippen MR) is 68.4 cm³/mol. The molecule has 0 aliphatic heterocycles. The van der Waals surface area contributed by atoms with Gasteiger partial charge in [0.15, 0.2) is 0 Å². The normalized spacial score (nSPS) is 11.6. The van der Waals surface area contributed by atoms with Gasteiger partial charge in [-0.25, -0.2) is 4.79 Å². The predicted octanol–water partition coefficient (Wildman–Crippen LogP) is 4.25. The van der Waals surface area contributed by atoms with Gasteiger partial charge in [0.25, 0.3) is 0 Å². The van der Waals surface area contributed by atoms with E-state index in [1.807, 2.05) is 19.9 Å². The van der Waals surface area contributed by atoms with E-state index in [2.05, 4.69) is 6.92 Å². The molecule has 2 nitrogen and oxygen atoms in total. The number of ether oxygens (including phenoxy) is 1. The fraction of sp³-hybridized carbons (Fsp3) is 0.786. The number of hydrogen-bond acceptors (Lipinski definition) is 2. The third-order valence-corrected chi connectivity index (χ3v) is 2.56. The van der Waals surface area contributed by atoms with Gasteiger partial charge in [0.05, 0.1) is 6.61 Å². The zero-order valence-corrected chi connectivity index (χ0v) is 11.1. The molecule has 16 heavy (non-hydrogen) atoms. The van der Waals surface area contributed by atoms with Crippen LogP contribution in [-0.2, 0) is 9.53 Å². The van der Waals surface area contributed by atoms with Crippen molar-refractivity contribution in [2.24, 2.45) is 0 Å². The molecule has 0 aromatic rings. The lowest BCUT2D eigenvalue weighted by Gasteiger charge is -2.04. The minimum Gasteiger partial charge on any atom is -0.462 e. The van der Waals surface area contributed by atoms with Crippen LogP contribution in [-0.4, -0.2) is 12.6 Å². The number of rotatable bonds is 9. The van der Waals surface area contributed by atoms with Crippen LogP contribution in [0.3, 0.4) is 0 Å². The Bertz CT molecular complexity index is 207. The smallest absolute Gasteiger partial charge is 0.333 e. The molecule has 0 atom stereocenters. The van der Waals surface area contributed by atoms with Crippen LogP contribution in [0.5, 0.6) is 0 Å². The molecule has 0 spiro atoms. The first kappa shape index (κ1) is 15.2. The molecule has 0 aliphatic carbocycles. The fourth-order valence-corrected chi connectivity index (χ4v) is 1.55. The van der Waals surface area contributed by atoms with E-state index in [0.717, 1.165) is 18.4 Å². The van der Waals surface area contributed by atoms with Crippen molar-refractivity contribution in [3.05, 3.63) is 11.6 Å². The molecule has 0 aromatic heterocycles. The van der Waals surface area contributed by atoms with Crippen molar-refractivity contribution in [3.63, 3.8) is 0 Å². The molecule has 0 radical (unpaired) electrons. The van der Waals surface area contributed by atoms with E-state index in [1.165, 1.54) is 32.1 Å². The Kier molecular flexibility index (Phi) is 10.2. The molecule has 0 bridgehead atoms. The Morgan fingerprint density at radius 3 is 2.31 bits per heavy atom. The zero-order chi connectivity index (χ0) is 12.2. The lowest BCUT2D eigenvalue weighted by atomic mass is 10.1. The Labute approximate surface area is 100 Å². The van der Waals surface area contributed by atoms with E-state index in [-0.39, 0.29) is 5.97 Å². The number of carbonyl (C=O) groups is 1. The summed E-state index contributed by atoms with van der Waals surface area (Å²) >= 11 is 0. The van der Waals surface area contributed by atoms with Crippen molar-refractivity contribution >= 4 is 5.97 Å². The third-order valence-electron chi connectivity index (χ3n) is 2.56. The van der Waals surface area contributed by atoms with Gasteiger partial charge >= 0.3 is 5.97 Å². The van der Waals surface area contributed by atoms with Crippen LogP contribution in [0, 0.1) is 0 Å². The van der Waals surface area contributed by atoms with E-state index in [1.54, 1.807) is 0 Å². The molecule has 0 rings (SSSR count). The first-order valence-corrected chi connectivity index (χ1v) is 6.56. The van der Waals surface area contributed by atoms with Crippen molar-refractivity contribution in [1.29, 1.82) is 0 Å². The van der Waals surface area contributed by atoms with Crippen LogP contribution in [0.4, 0.5) is 0 Å². The second kappa shape index (κ2) is 10.7. The maximum absolute atomic E-state index is 11.4. The molecule has 0 N–H and O–H groups in total. The molecule has 0 unspecified atom stereocenters. The highest BCUT2D eigenvalue weighted by Crippen LogP contribution is 2.06. The lowest BCUT2D eigenvalue weighted by Crippen LogP contribution is -2.07. The van der Waals surface area contributed by atoms with Gasteiger partial charge < -0.3 is 4.74 Å². The molecule has 0 heterocycles. The highest BCUT2D eigenvalue weighted by Gasteiger charge is 2.03. The molecule has 0 aromatic carbocycles. The summed E-state index contributed by atoms with van der Waals surface area (Å²) in [5.74, 6) is -0.157. The Hall–Kier alpha value is -0.790. The molecule has 0 aliphatic rings. The van der Waals surface area contributed by atoms with Gasteiger partial charge in [-0.05, 0) is 19.8 Å². The minimum atomic E-state index is -0.157. The van der Waals surface area contributed by atoms with E-state index in [9.17, 15) is 4.79 Å². The second-order valence-corrected chi connectivity index (χ2v) is 4.20. The molecule has 94 valence electrons. The van der Waals surface area contributed by atoms with Crippen LogP contribution in [0.1, 0.15) is 65.7 Å². The van der Waals surface area contributed by atoms with Gasteiger partial charge in [0, 0.05) is 5.57 Å². The highest BCUT2D eigenvalue weighted by molar-refractivity contribution is 5.87. The molecule has 2 heteroatoms. The number of esters is 1. The molecule has 0 fully saturated rings. The van der Waals surface area contributed by atoms with Crippen LogP contribution in [0.15, 0.2) is 11.6 Å². The maximum atomic E-state index is 11.4. The standard InChI is InChI=1S/C14H26O2/c1-4-6-7-8-9-10-12-16-14(15)13(3)11-5-2/h11H,4-10,12H2,1-3H3. The summed E-state index contributed by atoms with van der Waals surface area (Å²) in [5, 5.41) is 0. The van der Waals surface area contributed by atoms with E-state index in [4.69, 9.17) is 4.74 Å². The van der Waals surface area contributed by atoms with Gasteiger partial charge in [-0.3, -0.25) is 0 Å². The van der Waals surface area contributed by atoms with Crippen molar-refractivity contribution < 1.29 is 9.53 Å². The second-order valence-electron chi connectivity index (χ2n) is 4.20. The van der Waals surface area contributed by atoms with Gasteiger partial charge in [-0.1, -0.05) is 52.0 Å². The SMILES string of the molecule is CCC=C(C)C(=O)OCCCCCCCC. The lowest BCUT2D eigenvalue weighted by molar-refractivity contribution is -0.139. The molecule has 0 saturated carbocycles. The summed E-state index contributed by atoms with van der Waals surface area (Å²) in [6, 6.07) is 0. The number of unbranched alkanes of at least 4 members (excludes halogenated alkanes) is 5. The molecular weight excluding hydrogens is 200 g/mol. The topological polar surface area (TPSA) is 26.3 Å². The van der Waals surface area contributed by atoms with Crippen molar-refractivity contribution in [2.75, 3.05) is 6.61 Å². The van der Waals surface area contributed by atoms with Gasteiger partial charge in [0.1, 0.15) is 0 Å². The number of carbonyl (C=O) groups excluding carboxylic acids is 1. The largest absolute Gasteiger partial charge is 0.462 e. The highest BCUT2D eigenvalue weighted by atomic mass is 16.5. The Morgan fingerprint density at radius 1 is 1.06 bits per heavy atom. The van der Waals surface area contributed by atoms with Gasteiger partial charge in [0.2, 0.25) is 0 Å². The molecule has 0 amide bonds. The summed E-state index contributed by atoms with van der Waals surface area (Å²) in [7, 11) is 0. The number of hydrogen-bond donors (Lipinski definition) is 0. The quantitative estimate of drug-likeness (QED) is 0.334. The summed E-state index contributed by atoms with van der Waals surface area (Å²) in [5.41, 5.74) is 0.730. The van der Waals surface area contributed by atoms with E-state index >= 15 is 0 Å². The van der Waals surface area contributed by atoms with Crippen molar-refractivity contribution in [1.82, 2.24) is 0 Å². The van der Waals surface area contributed by atoms with Crippen LogP contribution in [0.2, 0.25) is 0 Å². The van der Waals surface area contributed by atoms with Crippen LogP contribution >= 0.6 is 0 Å². The summed E-state index contributed by atoms with van der Waals surface area (Å²) in [6.07, 6.45) is 10.1. The first-order valence-electron chi connectivity index (χ1n) is 6.56. The van der Waals surface area contributed by atoms with Crippen LogP contribution in [0.25, 0.3) is 0 Å². The van der Waals surface area contributed by atoms with Crippen molar-refractivity contribution in [2.45, 2.75) is 65.7 Å².